The standard InChI is InChI=1S/C25H29N3O3S/c1-3-21-17-32-24(26-21)16-31-23-8-9-28(25(30)14-23)22-7-6-19-12-18(4-5-20(19)13-22)15-27(2)10-11-29/h4-5,8-9,12-14,17,29H,3,6-7,10-11,15-16H2,1-2H3. The van der Waals surface area contributed by atoms with Gasteiger partial charge in [0.2, 0.25) is 0 Å². The molecule has 1 aromatic carbocycles. The van der Waals surface area contributed by atoms with Crippen LogP contribution >= 0.6 is 11.3 Å². The average molecular weight is 452 g/mol. The van der Waals surface area contributed by atoms with Gasteiger partial charge in [0.25, 0.3) is 5.56 Å². The molecule has 0 unspecified atom stereocenters. The van der Waals surface area contributed by atoms with Crippen molar-refractivity contribution in [2.75, 3.05) is 20.2 Å². The molecule has 1 N–H and O–H groups in total. The van der Waals surface area contributed by atoms with E-state index in [1.165, 1.54) is 11.1 Å². The van der Waals surface area contributed by atoms with E-state index in [9.17, 15) is 4.79 Å². The van der Waals surface area contributed by atoms with Crippen molar-refractivity contribution < 1.29 is 9.84 Å². The number of likely N-dealkylation sites (N-methyl/N-ethyl adjacent to an activating group) is 1. The molecule has 6 nitrogen and oxygen atoms in total. The number of hydrogen-bond acceptors (Lipinski definition) is 6. The molecule has 0 fully saturated rings. The third kappa shape index (κ3) is 5.35. The first-order valence-electron chi connectivity index (χ1n) is 11.0. The van der Waals surface area contributed by atoms with Crippen LogP contribution in [0, 0.1) is 0 Å². The maximum Gasteiger partial charge on any atom is 0.258 e. The van der Waals surface area contributed by atoms with Crippen molar-refractivity contribution in [3.05, 3.63) is 79.7 Å². The van der Waals surface area contributed by atoms with Crippen molar-refractivity contribution >= 4 is 23.1 Å². The van der Waals surface area contributed by atoms with Crippen molar-refractivity contribution in [3.63, 3.8) is 0 Å². The Hall–Kier alpha value is -2.74. The number of hydrogen-bond donors (Lipinski definition) is 1. The van der Waals surface area contributed by atoms with Gasteiger partial charge in [-0.05, 0) is 55.1 Å². The lowest BCUT2D eigenvalue weighted by Crippen LogP contribution is -2.22. The largest absolute Gasteiger partial charge is 0.486 e. The molecule has 0 radical (unpaired) electrons. The van der Waals surface area contributed by atoms with E-state index in [2.05, 4.69) is 41.1 Å². The van der Waals surface area contributed by atoms with E-state index in [4.69, 9.17) is 9.84 Å². The van der Waals surface area contributed by atoms with Crippen molar-refractivity contribution in [3.8, 4) is 5.75 Å². The molecule has 0 saturated heterocycles. The Bertz CT molecular complexity index is 1170. The van der Waals surface area contributed by atoms with E-state index in [1.807, 2.05) is 18.5 Å². The molecule has 1 aliphatic carbocycles. The number of fused-ring (bicyclic) bond motifs is 1. The minimum absolute atomic E-state index is 0.0900. The van der Waals surface area contributed by atoms with Crippen molar-refractivity contribution in [1.29, 1.82) is 0 Å². The zero-order chi connectivity index (χ0) is 22.5. The molecular weight excluding hydrogens is 422 g/mol. The summed E-state index contributed by atoms with van der Waals surface area (Å²) in [6, 6.07) is 9.86. The zero-order valence-corrected chi connectivity index (χ0v) is 19.4. The highest BCUT2D eigenvalue weighted by Crippen LogP contribution is 2.27. The van der Waals surface area contributed by atoms with Gasteiger partial charge in [-0.3, -0.25) is 14.3 Å². The molecular formula is C25H29N3O3S. The second kappa shape index (κ2) is 10.3. The number of rotatable bonds is 9. The summed E-state index contributed by atoms with van der Waals surface area (Å²) in [6.07, 6.45) is 6.51. The molecule has 0 bridgehead atoms. The lowest BCUT2D eigenvalue weighted by atomic mass is 9.93. The van der Waals surface area contributed by atoms with Gasteiger partial charge >= 0.3 is 0 Å². The quantitative estimate of drug-likeness (QED) is 0.536. The number of aliphatic hydroxyl groups excluding tert-OH is 1. The van der Waals surface area contributed by atoms with Gasteiger partial charge in [-0.15, -0.1) is 11.3 Å². The first-order chi connectivity index (χ1) is 15.6. The smallest absolute Gasteiger partial charge is 0.258 e. The van der Waals surface area contributed by atoms with Gasteiger partial charge in [0.05, 0.1) is 12.3 Å². The number of pyridine rings is 1. The van der Waals surface area contributed by atoms with Crippen LogP contribution in [0.5, 0.6) is 5.75 Å². The number of aromatic nitrogens is 2. The molecule has 32 heavy (non-hydrogen) atoms. The van der Waals surface area contributed by atoms with Gasteiger partial charge in [0.15, 0.2) is 0 Å². The molecule has 0 spiro atoms. The molecule has 1 aliphatic rings. The van der Waals surface area contributed by atoms with Gasteiger partial charge in [-0.1, -0.05) is 25.1 Å². The fourth-order valence-electron chi connectivity index (χ4n) is 3.89. The summed E-state index contributed by atoms with van der Waals surface area (Å²) in [5.74, 6) is 0.563. The molecule has 0 atom stereocenters. The lowest BCUT2D eigenvalue weighted by Gasteiger charge is -2.20. The first kappa shape index (κ1) is 22.5. The third-order valence-electron chi connectivity index (χ3n) is 5.64. The third-order valence-corrected chi connectivity index (χ3v) is 6.51. The van der Waals surface area contributed by atoms with Crippen LogP contribution in [-0.4, -0.2) is 39.8 Å². The fraction of sp³-hybridized carbons (Fsp3) is 0.360. The molecule has 2 aromatic heterocycles. The Kier molecular flexibility index (Phi) is 7.19. The number of benzene rings is 1. The van der Waals surface area contributed by atoms with Crippen molar-refractivity contribution in [2.24, 2.45) is 0 Å². The predicted octanol–water partition coefficient (Wildman–Crippen LogP) is 3.81. The number of aliphatic hydroxyl groups is 1. The second-order valence-electron chi connectivity index (χ2n) is 8.08. The predicted molar refractivity (Wildman–Crippen MR) is 129 cm³/mol. The Balaban J connectivity index is 1.46. The van der Waals surface area contributed by atoms with Crippen LogP contribution in [0.1, 0.15) is 40.7 Å². The van der Waals surface area contributed by atoms with Crippen LogP contribution < -0.4 is 10.3 Å². The Labute approximate surface area is 192 Å². The topological polar surface area (TPSA) is 67.6 Å². The summed E-state index contributed by atoms with van der Waals surface area (Å²) >= 11 is 1.58. The molecule has 0 saturated carbocycles. The normalized spacial score (nSPS) is 13.2. The van der Waals surface area contributed by atoms with Gasteiger partial charge in [0.1, 0.15) is 17.4 Å². The van der Waals surface area contributed by atoms with Gasteiger partial charge in [-0.25, -0.2) is 4.98 Å². The number of thiazole rings is 1. The number of allylic oxidation sites excluding steroid dienone is 1. The van der Waals surface area contributed by atoms with E-state index in [0.717, 1.165) is 47.8 Å². The summed E-state index contributed by atoms with van der Waals surface area (Å²) in [4.78, 5) is 19.4. The number of aryl methyl sites for hydroxylation is 2. The molecule has 2 heterocycles. The second-order valence-corrected chi connectivity index (χ2v) is 9.02. The van der Waals surface area contributed by atoms with Crippen LogP contribution in [0.2, 0.25) is 0 Å². The van der Waals surface area contributed by atoms with E-state index >= 15 is 0 Å². The average Bonchev–Trinajstić information content (AvgIpc) is 3.26. The van der Waals surface area contributed by atoms with Crippen LogP contribution in [0.25, 0.3) is 11.8 Å². The van der Waals surface area contributed by atoms with Crippen molar-refractivity contribution in [1.82, 2.24) is 14.5 Å². The SMILES string of the molecule is CCc1csc(COc2ccn(C3=Cc4ccc(CN(C)CCO)cc4CC3)c(=O)c2)n1. The number of nitrogens with zero attached hydrogens (tertiary/aromatic N) is 3. The molecule has 0 amide bonds. The van der Waals surface area contributed by atoms with Crippen LogP contribution in [0.3, 0.4) is 0 Å². The Morgan fingerprint density at radius 1 is 1.25 bits per heavy atom. The van der Waals surface area contributed by atoms with E-state index < -0.39 is 0 Å². The monoisotopic (exact) mass is 451 g/mol. The lowest BCUT2D eigenvalue weighted by molar-refractivity contribution is 0.217. The van der Waals surface area contributed by atoms with Crippen LogP contribution in [-0.2, 0) is 26.0 Å². The number of ether oxygens (including phenoxy) is 1. The van der Waals surface area contributed by atoms with Gasteiger partial charge in [-0.2, -0.15) is 0 Å². The first-order valence-corrected chi connectivity index (χ1v) is 11.8. The minimum atomic E-state index is -0.0900. The zero-order valence-electron chi connectivity index (χ0n) is 18.6. The molecule has 4 rings (SSSR count). The highest BCUT2D eigenvalue weighted by atomic mass is 32.1. The van der Waals surface area contributed by atoms with E-state index in [-0.39, 0.29) is 12.2 Å². The fourth-order valence-corrected chi connectivity index (χ4v) is 4.68. The van der Waals surface area contributed by atoms with Crippen LogP contribution in [0.4, 0.5) is 0 Å². The summed E-state index contributed by atoms with van der Waals surface area (Å²) in [6.45, 7) is 4.09. The highest BCUT2D eigenvalue weighted by molar-refractivity contribution is 7.09. The molecule has 168 valence electrons. The summed E-state index contributed by atoms with van der Waals surface area (Å²) < 4.78 is 7.49. The summed E-state index contributed by atoms with van der Waals surface area (Å²) in [7, 11) is 2.01. The van der Waals surface area contributed by atoms with E-state index in [1.54, 1.807) is 28.2 Å². The maximum atomic E-state index is 12.8. The summed E-state index contributed by atoms with van der Waals surface area (Å²) in [5, 5.41) is 12.0. The van der Waals surface area contributed by atoms with Crippen molar-refractivity contribution in [2.45, 2.75) is 39.3 Å². The van der Waals surface area contributed by atoms with Gasteiger partial charge < -0.3 is 9.84 Å². The summed E-state index contributed by atoms with van der Waals surface area (Å²) in [5.41, 5.74) is 5.66. The molecule has 0 aliphatic heterocycles. The molecule has 3 aromatic rings. The van der Waals surface area contributed by atoms with Gasteiger partial charge in [0, 0.05) is 36.4 Å². The molecule has 7 heteroatoms. The van der Waals surface area contributed by atoms with Crippen LogP contribution in [0.15, 0.2) is 46.7 Å². The minimum Gasteiger partial charge on any atom is -0.486 e. The highest BCUT2D eigenvalue weighted by Gasteiger charge is 2.14. The Morgan fingerprint density at radius 3 is 2.88 bits per heavy atom. The maximum absolute atomic E-state index is 12.8. The Morgan fingerprint density at radius 2 is 2.12 bits per heavy atom. The van der Waals surface area contributed by atoms with E-state index in [0.29, 0.717) is 18.9 Å².